The van der Waals surface area contributed by atoms with Gasteiger partial charge in [0.1, 0.15) is 17.3 Å². The van der Waals surface area contributed by atoms with Crippen LogP contribution in [-0.4, -0.2) is 6.04 Å². The Morgan fingerprint density at radius 1 is 0.625 bits per heavy atom. The molecule has 1 aliphatic heterocycles. The smallest absolute Gasteiger partial charge is 0.143 e. The zero-order valence-corrected chi connectivity index (χ0v) is 31.1. The molecule has 0 spiro atoms. The van der Waals surface area contributed by atoms with Gasteiger partial charge in [-0.05, 0) is 76.9 Å². The van der Waals surface area contributed by atoms with Crippen molar-refractivity contribution in [2.45, 2.75) is 31.0 Å². The molecular weight excluding hydrogens is 683 g/mol. The lowest BCUT2D eigenvalue weighted by atomic mass is 9.86. The minimum atomic E-state index is 0.0475. The number of para-hydroxylation sites is 3. The average molecular weight is 726 g/mol. The quantitative estimate of drug-likeness (QED) is 0.146. The molecule has 2 heterocycles. The minimum Gasteiger partial charge on any atom is -0.455 e. The fourth-order valence-corrected chi connectivity index (χ4v) is 8.53. The number of benzene rings is 6. The standard InChI is InChI=1S/C52H43N3O/c1-3-14-36(15-4-1)48-34-49(55-52(54-48)38-16-5-2-6-17-38)37-30-28-35(29-31-37)39-18-11-19-40(32-39)43-22-7-9-26-47(43)53-42-21-12-20-41(33-42)44-24-13-25-46-45-23-8-10-27-50(45)56-51(44)46/h1-14,16-28,30-36,48,52-55H,15,29H2. The first-order chi connectivity index (χ1) is 27.7. The lowest BCUT2D eigenvalue weighted by Gasteiger charge is -2.36. The molecule has 10 rings (SSSR count). The fourth-order valence-electron chi connectivity index (χ4n) is 8.53. The van der Waals surface area contributed by atoms with E-state index in [2.05, 4.69) is 198 Å². The van der Waals surface area contributed by atoms with E-state index in [9.17, 15) is 0 Å². The molecule has 4 atom stereocenters. The van der Waals surface area contributed by atoms with Gasteiger partial charge in [-0.2, -0.15) is 0 Å². The summed E-state index contributed by atoms with van der Waals surface area (Å²) in [7, 11) is 0. The summed E-state index contributed by atoms with van der Waals surface area (Å²) in [5.74, 6) is 0.719. The number of hydrogen-bond donors (Lipinski definition) is 3. The van der Waals surface area contributed by atoms with Crippen LogP contribution in [0.4, 0.5) is 11.4 Å². The van der Waals surface area contributed by atoms with E-state index in [1.165, 1.54) is 33.5 Å². The van der Waals surface area contributed by atoms with Crippen LogP contribution in [0.5, 0.6) is 0 Å². The lowest BCUT2D eigenvalue weighted by Crippen LogP contribution is -2.47. The lowest BCUT2D eigenvalue weighted by molar-refractivity contribution is 0.361. The van der Waals surface area contributed by atoms with Crippen LogP contribution in [0.2, 0.25) is 0 Å². The summed E-state index contributed by atoms with van der Waals surface area (Å²) >= 11 is 0. The first-order valence-corrected chi connectivity index (χ1v) is 19.7. The van der Waals surface area contributed by atoms with Gasteiger partial charge in [-0.15, -0.1) is 0 Å². The second-order valence-electron chi connectivity index (χ2n) is 15.0. The van der Waals surface area contributed by atoms with E-state index in [1.807, 2.05) is 12.1 Å². The van der Waals surface area contributed by atoms with Gasteiger partial charge >= 0.3 is 0 Å². The first-order valence-electron chi connectivity index (χ1n) is 19.7. The second-order valence-corrected chi connectivity index (χ2v) is 15.0. The molecule has 272 valence electrons. The van der Waals surface area contributed by atoms with Crippen molar-refractivity contribution in [3.63, 3.8) is 0 Å². The predicted octanol–water partition coefficient (Wildman–Crippen LogP) is 12.9. The van der Waals surface area contributed by atoms with Crippen LogP contribution in [-0.2, 0) is 0 Å². The van der Waals surface area contributed by atoms with Crippen molar-refractivity contribution in [1.29, 1.82) is 0 Å². The van der Waals surface area contributed by atoms with Gasteiger partial charge in [0, 0.05) is 50.9 Å². The molecule has 2 aliphatic carbocycles. The number of anilines is 2. The molecule has 0 saturated carbocycles. The molecule has 0 bridgehead atoms. The van der Waals surface area contributed by atoms with Crippen molar-refractivity contribution in [3.05, 3.63) is 217 Å². The summed E-state index contributed by atoms with van der Waals surface area (Å²) in [5, 5.41) is 13.7. The molecule has 1 aromatic heterocycles. The Hall–Kier alpha value is -6.62. The molecule has 0 radical (unpaired) electrons. The monoisotopic (exact) mass is 725 g/mol. The number of rotatable bonds is 8. The normalized spacial score (nSPS) is 20.4. The summed E-state index contributed by atoms with van der Waals surface area (Å²) in [5.41, 5.74) is 13.5. The first kappa shape index (κ1) is 33.9. The molecule has 3 N–H and O–H groups in total. The van der Waals surface area contributed by atoms with Crippen LogP contribution >= 0.6 is 0 Å². The van der Waals surface area contributed by atoms with Gasteiger partial charge in [0.2, 0.25) is 0 Å². The number of fused-ring (bicyclic) bond motifs is 3. The van der Waals surface area contributed by atoms with Crippen LogP contribution in [0.15, 0.2) is 210 Å². The van der Waals surface area contributed by atoms with Crippen molar-refractivity contribution in [2.24, 2.45) is 5.92 Å². The molecule has 0 amide bonds. The molecule has 0 saturated heterocycles. The molecule has 3 aliphatic rings. The van der Waals surface area contributed by atoms with E-state index in [0.29, 0.717) is 11.8 Å². The molecule has 6 aromatic carbocycles. The summed E-state index contributed by atoms with van der Waals surface area (Å²) in [6.45, 7) is 0. The Morgan fingerprint density at radius 3 is 2.27 bits per heavy atom. The third kappa shape index (κ3) is 6.70. The van der Waals surface area contributed by atoms with E-state index in [4.69, 9.17) is 4.42 Å². The summed E-state index contributed by atoms with van der Waals surface area (Å²) < 4.78 is 6.38. The molecule has 4 nitrogen and oxygen atoms in total. The number of nitrogens with one attached hydrogen (secondary N) is 3. The molecule has 0 fully saturated rings. The third-order valence-corrected chi connectivity index (χ3v) is 11.4. The Labute approximate surface area is 328 Å². The van der Waals surface area contributed by atoms with E-state index in [-0.39, 0.29) is 12.2 Å². The summed E-state index contributed by atoms with van der Waals surface area (Å²) in [4.78, 5) is 0. The largest absolute Gasteiger partial charge is 0.455 e. The molecular formula is C52H43N3O. The van der Waals surface area contributed by atoms with E-state index in [1.54, 1.807) is 0 Å². The maximum Gasteiger partial charge on any atom is 0.143 e. The number of furan rings is 1. The van der Waals surface area contributed by atoms with Gasteiger partial charge in [-0.25, -0.2) is 0 Å². The van der Waals surface area contributed by atoms with Crippen molar-refractivity contribution in [2.75, 3.05) is 5.32 Å². The summed E-state index contributed by atoms with van der Waals surface area (Å²) in [6.07, 6.45) is 20.5. The van der Waals surface area contributed by atoms with Crippen LogP contribution in [0.3, 0.4) is 0 Å². The highest BCUT2D eigenvalue weighted by atomic mass is 16.3. The van der Waals surface area contributed by atoms with Crippen molar-refractivity contribution >= 4 is 33.3 Å². The van der Waals surface area contributed by atoms with Crippen molar-refractivity contribution < 1.29 is 4.42 Å². The number of hydrogen-bond acceptors (Lipinski definition) is 4. The van der Waals surface area contributed by atoms with E-state index >= 15 is 0 Å². The van der Waals surface area contributed by atoms with Crippen LogP contribution in [0.1, 0.15) is 36.1 Å². The highest BCUT2D eigenvalue weighted by Gasteiger charge is 2.28. The molecule has 56 heavy (non-hydrogen) atoms. The average Bonchev–Trinajstić information content (AvgIpc) is 3.66. The van der Waals surface area contributed by atoms with Gasteiger partial charge in [0.15, 0.2) is 0 Å². The fraction of sp³-hybridized carbons (Fsp3) is 0.115. The Morgan fingerprint density at radius 2 is 1.39 bits per heavy atom. The van der Waals surface area contributed by atoms with E-state index in [0.717, 1.165) is 57.3 Å². The van der Waals surface area contributed by atoms with E-state index < -0.39 is 0 Å². The zero-order valence-electron chi connectivity index (χ0n) is 31.1. The van der Waals surface area contributed by atoms with Crippen LogP contribution < -0.4 is 16.0 Å². The maximum atomic E-state index is 6.38. The van der Waals surface area contributed by atoms with Crippen LogP contribution in [0.25, 0.3) is 44.2 Å². The van der Waals surface area contributed by atoms with Crippen molar-refractivity contribution in [3.8, 4) is 22.3 Å². The highest BCUT2D eigenvalue weighted by Crippen LogP contribution is 2.39. The predicted molar refractivity (Wildman–Crippen MR) is 233 cm³/mol. The molecule has 4 unspecified atom stereocenters. The second kappa shape index (κ2) is 14.9. The molecule has 7 aromatic rings. The number of allylic oxidation sites excluding steroid dienone is 6. The Bertz CT molecular complexity index is 2710. The summed E-state index contributed by atoms with van der Waals surface area (Å²) in [6, 6.07) is 51.9. The van der Waals surface area contributed by atoms with Gasteiger partial charge in [-0.1, -0.05) is 164 Å². The third-order valence-electron chi connectivity index (χ3n) is 11.4. The Balaban J connectivity index is 0.888. The van der Waals surface area contributed by atoms with Gasteiger partial charge < -0.3 is 15.1 Å². The SMILES string of the molecule is C1=CCC(C2C=C(C3=CCC(c4cccc(-c5ccccc5Nc5cccc(-c6cccc7c6oc6ccccc67)c5)c4)C=C3)NC(c3ccccc3)N2)C=C1. The maximum absolute atomic E-state index is 6.38. The van der Waals surface area contributed by atoms with Crippen LogP contribution in [0, 0.1) is 5.92 Å². The Kier molecular flexibility index (Phi) is 9.02. The highest BCUT2D eigenvalue weighted by molar-refractivity contribution is 6.09. The van der Waals surface area contributed by atoms with Crippen molar-refractivity contribution in [1.82, 2.24) is 10.6 Å². The topological polar surface area (TPSA) is 49.2 Å². The van der Waals surface area contributed by atoms with Gasteiger partial charge in [0.25, 0.3) is 0 Å². The zero-order chi connectivity index (χ0) is 37.3. The van der Waals surface area contributed by atoms with Gasteiger partial charge in [-0.3, -0.25) is 5.32 Å². The van der Waals surface area contributed by atoms with Gasteiger partial charge in [0.05, 0.1) is 0 Å². The molecule has 4 heteroatoms. The minimum absolute atomic E-state index is 0.0475.